The van der Waals surface area contributed by atoms with Crippen LogP contribution in [-0.2, 0) is 37.9 Å². The van der Waals surface area contributed by atoms with Crippen LogP contribution in [0.3, 0.4) is 0 Å². The Morgan fingerprint density at radius 3 is 1.07 bits per heavy atom. The molecule has 0 radical (unpaired) electrons. The van der Waals surface area contributed by atoms with E-state index in [0.717, 1.165) is 0 Å². The molecule has 12 N–H and O–H groups in total. The van der Waals surface area contributed by atoms with E-state index < -0.39 is 149 Å². The highest BCUT2D eigenvalue weighted by molar-refractivity contribution is 4.97. The predicted octanol–water partition coefficient (Wildman–Crippen LogP) is -8.70. The van der Waals surface area contributed by atoms with Crippen LogP contribution in [0.15, 0.2) is 0 Å². The summed E-state index contributed by atoms with van der Waals surface area (Å²) < 4.78 is 44.3. The summed E-state index contributed by atoms with van der Waals surface area (Å²) in [7, 11) is 0. The standard InChI is InChI=1S/C24H40O20/c25-1-5-11(29)19-17(35)21(39-5)37-3-7-9(27)14(32)16(34)24(42-7)44-20-12(30)6(2-26)40-22(18(20)36)38-4-8-10(28)13(31)15(33)23(41-8)43-19/h5-36H,1-4H2. The molecule has 44 heavy (non-hydrogen) atoms. The maximum atomic E-state index is 11.0. The second-order valence-electron chi connectivity index (χ2n) is 11.3. The monoisotopic (exact) mass is 648 g/mol. The minimum Gasteiger partial charge on any atom is -0.394 e. The number of fused-ring (bicyclic) bond motifs is 8. The zero-order chi connectivity index (χ0) is 32.0. The zero-order valence-electron chi connectivity index (χ0n) is 23.0. The van der Waals surface area contributed by atoms with Crippen molar-refractivity contribution in [2.45, 2.75) is 123 Å². The van der Waals surface area contributed by atoms with Gasteiger partial charge in [-0.2, -0.15) is 0 Å². The fraction of sp³-hybridized carbons (Fsp3) is 1.00. The molecule has 0 aliphatic carbocycles. The molecule has 0 aromatic carbocycles. The van der Waals surface area contributed by atoms with Gasteiger partial charge in [0.25, 0.3) is 0 Å². The molecule has 20 nitrogen and oxygen atoms in total. The molecule has 20 heteroatoms. The lowest BCUT2D eigenvalue weighted by Crippen LogP contribution is -2.67. The third kappa shape index (κ3) is 6.50. The van der Waals surface area contributed by atoms with E-state index in [2.05, 4.69) is 0 Å². The van der Waals surface area contributed by atoms with E-state index in [-0.39, 0.29) is 0 Å². The molecule has 5 aliphatic rings. The molecule has 20 atom stereocenters. The third-order valence-electron chi connectivity index (χ3n) is 8.41. The second kappa shape index (κ2) is 14.1. The summed E-state index contributed by atoms with van der Waals surface area (Å²) in [5.74, 6) is 0. The highest BCUT2D eigenvalue weighted by atomic mass is 16.8. The molecule has 5 rings (SSSR count). The van der Waals surface area contributed by atoms with Crippen molar-refractivity contribution in [1.29, 1.82) is 0 Å². The molecule has 5 aliphatic heterocycles. The Hall–Kier alpha value is -0.800. The molecule has 0 aromatic heterocycles. The maximum absolute atomic E-state index is 11.0. The number of aliphatic hydroxyl groups excluding tert-OH is 12. The number of hydrogen-bond acceptors (Lipinski definition) is 20. The van der Waals surface area contributed by atoms with E-state index in [1.54, 1.807) is 0 Å². The van der Waals surface area contributed by atoms with Crippen LogP contribution in [0.1, 0.15) is 0 Å². The van der Waals surface area contributed by atoms with E-state index in [0.29, 0.717) is 0 Å². The first-order chi connectivity index (χ1) is 20.9. The minimum absolute atomic E-state index is 0.674. The van der Waals surface area contributed by atoms with Crippen molar-refractivity contribution in [2.75, 3.05) is 26.4 Å². The molecule has 0 aromatic rings. The Morgan fingerprint density at radius 1 is 0.364 bits per heavy atom. The zero-order valence-corrected chi connectivity index (χ0v) is 23.0. The highest BCUT2D eigenvalue weighted by Crippen LogP contribution is 2.33. The van der Waals surface area contributed by atoms with Gasteiger partial charge in [0.15, 0.2) is 25.2 Å². The first kappa shape index (κ1) is 34.5. The summed E-state index contributed by atoms with van der Waals surface area (Å²) >= 11 is 0. The number of hydrogen-bond donors (Lipinski definition) is 12. The highest BCUT2D eigenvalue weighted by Gasteiger charge is 2.54. The molecule has 20 unspecified atom stereocenters. The summed E-state index contributed by atoms with van der Waals surface area (Å²) in [6.45, 7) is -2.95. The van der Waals surface area contributed by atoms with Crippen LogP contribution in [0, 0.1) is 0 Å². The molecule has 256 valence electrons. The Bertz CT molecular complexity index is 860. The van der Waals surface area contributed by atoms with Gasteiger partial charge in [0.1, 0.15) is 97.7 Å². The SMILES string of the molecule is OCC1OC2OCC3OC(OC4C(O)C(CO)OC(OCC5OC(OC(C1O)C2O)C(O)C(O)C5O)C4O)C(O)C(O)C3O. The van der Waals surface area contributed by atoms with Crippen molar-refractivity contribution in [3.63, 3.8) is 0 Å². The lowest BCUT2D eigenvalue weighted by molar-refractivity contribution is -0.383. The molecule has 0 saturated carbocycles. The van der Waals surface area contributed by atoms with Crippen molar-refractivity contribution in [3.05, 3.63) is 0 Å². The number of rotatable bonds is 2. The third-order valence-corrected chi connectivity index (χ3v) is 8.41. The van der Waals surface area contributed by atoms with Gasteiger partial charge in [-0.3, -0.25) is 0 Å². The van der Waals surface area contributed by atoms with E-state index in [9.17, 15) is 61.3 Å². The number of aliphatic hydroxyl groups is 12. The van der Waals surface area contributed by atoms with Gasteiger partial charge in [-0.15, -0.1) is 0 Å². The molecular weight excluding hydrogens is 608 g/mol. The van der Waals surface area contributed by atoms with Gasteiger partial charge >= 0.3 is 0 Å². The maximum Gasteiger partial charge on any atom is 0.187 e. The summed E-state index contributed by atoms with van der Waals surface area (Å²) in [6, 6.07) is 0. The molecule has 5 saturated heterocycles. The Labute approximate surface area is 249 Å². The first-order valence-electron chi connectivity index (χ1n) is 14.1. The van der Waals surface area contributed by atoms with Crippen LogP contribution in [-0.4, -0.2) is 211 Å². The van der Waals surface area contributed by atoms with E-state index in [1.807, 2.05) is 0 Å². The summed E-state index contributed by atoms with van der Waals surface area (Å²) in [6.07, 6.45) is -34.8. The van der Waals surface area contributed by atoms with E-state index >= 15 is 0 Å². The van der Waals surface area contributed by atoms with Crippen molar-refractivity contribution >= 4 is 0 Å². The van der Waals surface area contributed by atoms with Crippen LogP contribution >= 0.6 is 0 Å². The topological polar surface area (TPSA) is 317 Å². The minimum atomic E-state index is -1.93. The molecule has 8 bridgehead atoms. The van der Waals surface area contributed by atoms with Crippen molar-refractivity contribution in [2.24, 2.45) is 0 Å². The van der Waals surface area contributed by atoms with Crippen molar-refractivity contribution < 1.29 is 99.2 Å². The fourth-order valence-corrected chi connectivity index (χ4v) is 5.73. The van der Waals surface area contributed by atoms with Gasteiger partial charge < -0.3 is 99.2 Å². The Balaban J connectivity index is 1.47. The molecule has 0 spiro atoms. The average Bonchev–Trinajstić information content (AvgIpc) is 3.01. The normalized spacial score (nSPS) is 55.9. The van der Waals surface area contributed by atoms with Crippen LogP contribution in [0.2, 0.25) is 0 Å². The van der Waals surface area contributed by atoms with Gasteiger partial charge in [0, 0.05) is 0 Å². The molecule has 5 heterocycles. The van der Waals surface area contributed by atoms with Crippen LogP contribution in [0.4, 0.5) is 0 Å². The molecular formula is C24H40O20. The Morgan fingerprint density at radius 2 is 0.727 bits per heavy atom. The largest absolute Gasteiger partial charge is 0.394 e. The van der Waals surface area contributed by atoms with Gasteiger partial charge in [-0.05, 0) is 0 Å². The first-order valence-corrected chi connectivity index (χ1v) is 14.1. The molecule has 5 fully saturated rings. The van der Waals surface area contributed by atoms with E-state index in [4.69, 9.17) is 37.9 Å². The van der Waals surface area contributed by atoms with Crippen LogP contribution in [0.25, 0.3) is 0 Å². The van der Waals surface area contributed by atoms with Gasteiger partial charge in [-0.25, -0.2) is 0 Å². The van der Waals surface area contributed by atoms with Crippen LogP contribution < -0.4 is 0 Å². The van der Waals surface area contributed by atoms with E-state index in [1.165, 1.54) is 0 Å². The lowest BCUT2D eigenvalue weighted by atomic mass is 9.96. The molecule has 0 amide bonds. The van der Waals surface area contributed by atoms with Gasteiger partial charge in [0.2, 0.25) is 0 Å². The summed E-state index contributed by atoms with van der Waals surface area (Å²) in [5.41, 5.74) is 0. The summed E-state index contributed by atoms with van der Waals surface area (Å²) in [4.78, 5) is 0. The Kier molecular flexibility index (Phi) is 11.1. The summed E-state index contributed by atoms with van der Waals surface area (Å²) in [5, 5.41) is 126. The van der Waals surface area contributed by atoms with Gasteiger partial charge in [0.05, 0.1) is 26.4 Å². The average molecular weight is 649 g/mol. The quantitative estimate of drug-likeness (QED) is 0.132. The second-order valence-corrected chi connectivity index (χ2v) is 11.3. The lowest BCUT2D eigenvalue weighted by Gasteiger charge is -2.48. The van der Waals surface area contributed by atoms with Crippen molar-refractivity contribution in [3.8, 4) is 0 Å². The number of ether oxygens (including phenoxy) is 8. The smallest absolute Gasteiger partial charge is 0.187 e. The fourth-order valence-electron chi connectivity index (χ4n) is 5.73. The van der Waals surface area contributed by atoms with Gasteiger partial charge in [-0.1, -0.05) is 0 Å². The van der Waals surface area contributed by atoms with Crippen molar-refractivity contribution in [1.82, 2.24) is 0 Å². The predicted molar refractivity (Wildman–Crippen MR) is 131 cm³/mol. The van der Waals surface area contributed by atoms with Crippen LogP contribution in [0.5, 0.6) is 0 Å².